The summed E-state index contributed by atoms with van der Waals surface area (Å²) in [7, 11) is 2.17. The van der Waals surface area contributed by atoms with Crippen LogP contribution in [0.4, 0.5) is 0 Å². The summed E-state index contributed by atoms with van der Waals surface area (Å²) in [4.78, 5) is 1.35. The first-order chi connectivity index (χ1) is 13.6. The molecule has 3 heteroatoms. The van der Waals surface area contributed by atoms with E-state index in [1.807, 2.05) is 11.8 Å². The quantitative estimate of drug-likeness (QED) is 0.143. The second kappa shape index (κ2) is 5.39. The van der Waals surface area contributed by atoms with Gasteiger partial charge in [-0.15, -0.1) is 11.8 Å². The normalized spacial score (nSPS) is 12.4. The van der Waals surface area contributed by atoms with Gasteiger partial charge < -0.3 is 4.40 Å². The van der Waals surface area contributed by atoms with Crippen molar-refractivity contribution in [1.29, 1.82) is 0 Å². The van der Waals surface area contributed by atoms with Crippen LogP contribution < -0.4 is 4.57 Å². The summed E-state index contributed by atoms with van der Waals surface area (Å²) in [5.41, 5.74) is 8.01. The van der Waals surface area contributed by atoms with Crippen molar-refractivity contribution >= 4 is 60.8 Å². The van der Waals surface area contributed by atoms with Crippen molar-refractivity contribution in [3.05, 3.63) is 65.9 Å². The molecule has 0 aliphatic carbocycles. The van der Waals surface area contributed by atoms with Crippen molar-refractivity contribution in [1.82, 2.24) is 4.40 Å². The van der Waals surface area contributed by atoms with E-state index in [2.05, 4.69) is 90.8 Å². The third-order valence-corrected chi connectivity index (χ3v) is 7.18. The molecular formula is C25H21N2S+. The SMILES string of the molecule is CSc1cccc2c1c1cc(C)c(C)c3c1n2c1cccc2cc[n+](C)c3c21. The highest BCUT2D eigenvalue weighted by atomic mass is 32.2. The number of benzene rings is 3. The number of pyridine rings is 2. The third kappa shape index (κ3) is 1.78. The van der Waals surface area contributed by atoms with Gasteiger partial charge in [0.25, 0.3) is 0 Å². The standard InChI is InChI=1S/C25H21N2S/c1-14-13-17-23-19(9-6-10-20(23)28-4)27-18-8-5-7-16-11-12-26(3)25(22(16)18)21(15(14)2)24(17)27/h5-13H,1-4H3/q+1. The van der Waals surface area contributed by atoms with Gasteiger partial charge in [-0.1, -0.05) is 18.2 Å². The van der Waals surface area contributed by atoms with E-state index in [1.54, 1.807) is 0 Å². The summed E-state index contributed by atoms with van der Waals surface area (Å²) in [6.45, 7) is 4.52. The van der Waals surface area contributed by atoms with E-state index in [-0.39, 0.29) is 0 Å². The van der Waals surface area contributed by atoms with Crippen molar-refractivity contribution < 1.29 is 4.57 Å². The van der Waals surface area contributed by atoms with Crippen molar-refractivity contribution in [2.24, 2.45) is 7.05 Å². The van der Waals surface area contributed by atoms with Gasteiger partial charge in [0.2, 0.25) is 5.52 Å². The van der Waals surface area contributed by atoms with Gasteiger partial charge >= 0.3 is 0 Å². The Hall–Kier alpha value is -2.78. The predicted molar refractivity (Wildman–Crippen MR) is 121 cm³/mol. The number of thioether (sulfide) groups is 1. The van der Waals surface area contributed by atoms with Crippen LogP contribution >= 0.6 is 11.8 Å². The number of fused-ring (bicyclic) bond motifs is 5. The molecule has 0 radical (unpaired) electrons. The van der Waals surface area contributed by atoms with Gasteiger partial charge in [0.15, 0.2) is 6.20 Å². The van der Waals surface area contributed by atoms with Crippen LogP contribution in [0, 0.1) is 13.8 Å². The van der Waals surface area contributed by atoms with Crippen LogP contribution in [0.2, 0.25) is 0 Å². The first kappa shape index (κ1) is 16.2. The van der Waals surface area contributed by atoms with Gasteiger partial charge in [0.05, 0.1) is 27.3 Å². The third-order valence-electron chi connectivity index (χ3n) is 6.40. The Morgan fingerprint density at radius 2 is 1.64 bits per heavy atom. The largest absolute Gasteiger partial charge is 0.307 e. The lowest BCUT2D eigenvalue weighted by Gasteiger charge is -2.13. The number of aryl methyl sites for hydroxylation is 3. The summed E-state index contributed by atoms with van der Waals surface area (Å²) in [6.07, 6.45) is 4.37. The van der Waals surface area contributed by atoms with E-state index >= 15 is 0 Å². The highest BCUT2D eigenvalue weighted by Crippen LogP contribution is 2.43. The van der Waals surface area contributed by atoms with Crippen LogP contribution in [-0.2, 0) is 7.05 Å². The minimum absolute atomic E-state index is 1.29. The summed E-state index contributed by atoms with van der Waals surface area (Å²) in [5.74, 6) is 0. The number of nitrogens with zero attached hydrogens (tertiary/aromatic N) is 2. The molecule has 0 unspecified atom stereocenters. The lowest BCUT2D eigenvalue weighted by molar-refractivity contribution is -0.643. The van der Waals surface area contributed by atoms with Crippen LogP contribution in [0.25, 0.3) is 49.0 Å². The number of hydrogen-bond acceptors (Lipinski definition) is 1. The maximum Gasteiger partial charge on any atom is 0.224 e. The van der Waals surface area contributed by atoms with E-state index < -0.39 is 0 Å². The van der Waals surface area contributed by atoms with Crippen LogP contribution in [0.5, 0.6) is 0 Å². The molecular weight excluding hydrogens is 360 g/mol. The van der Waals surface area contributed by atoms with Crippen LogP contribution in [0.3, 0.4) is 0 Å². The van der Waals surface area contributed by atoms with Crippen molar-refractivity contribution in [3.63, 3.8) is 0 Å². The van der Waals surface area contributed by atoms with Gasteiger partial charge in [-0.05, 0) is 60.9 Å². The lowest BCUT2D eigenvalue weighted by atomic mass is 9.96. The molecule has 0 amide bonds. The highest BCUT2D eigenvalue weighted by Gasteiger charge is 2.25. The Kier molecular flexibility index (Phi) is 3.12. The molecule has 3 heterocycles. The van der Waals surface area contributed by atoms with Crippen molar-refractivity contribution in [2.75, 3.05) is 6.26 Å². The highest BCUT2D eigenvalue weighted by molar-refractivity contribution is 7.98. The molecule has 0 spiro atoms. The molecule has 0 N–H and O–H groups in total. The number of hydrogen-bond donors (Lipinski definition) is 0. The maximum atomic E-state index is 2.50. The molecule has 0 atom stereocenters. The van der Waals surface area contributed by atoms with E-state index in [9.17, 15) is 0 Å². The molecule has 0 fully saturated rings. The van der Waals surface area contributed by atoms with Gasteiger partial charge in [0.1, 0.15) is 7.05 Å². The summed E-state index contributed by atoms with van der Waals surface area (Å²) < 4.78 is 4.80. The van der Waals surface area contributed by atoms with Crippen LogP contribution in [0.15, 0.2) is 59.6 Å². The monoisotopic (exact) mass is 381 g/mol. The van der Waals surface area contributed by atoms with E-state index in [0.29, 0.717) is 0 Å². The topological polar surface area (TPSA) is 8.29 Å². The fourth-order valence-corrected chi connectivity index (χ4v) is 5.65. The van der Waals surface area contributed by atoms with Gasteiger partial charge in [0, 0.05) is 21.7 Å². The van der Waals surface area contributed by atoms with E-state index in [0.717, 1.165) is 0 Å². The molecule has 6 rings (SSSR count). The molecule has 0 bridgehead atoms. The summed E-state index contributed by atoms with van der Waals surface area (Å²) in [6, 6.07) is 18.0. The Morgan fingerprint density at radius 1 is 0.893 bits per heavy atom. The lowest BCUT2D eigenvalue weighted by Crippen LogP contribution is -2.29. The molecule has 0 aliphatic rings. The molecule has 0 aliphatic heterocycles. The Balaban J connectivity index is 2.14. The van der Waals surface area contributed by atoms with E-state index in [4.69, 9.17) is 0 Å². The Morgan fingerprint density at radius 3 is 2.43 bits per heavy atom. The predicted octanol–water partition coefficient (Wildman–Crippen LogP) is 6.15. The minimum Gasteiger partial charge on any atom is -0.307 e. The van der Waals surface area contributed by atoms with Gasteiger partial charge in [-0.3, -0.25) is 0 Å². The zero-order valence-corrected chi connectivity index (χ0v) is 17.3. The Bertz CT molecular complexity index is 1570. The van der Waals surface area contributed by atoms with Crippen LogP contribution in [-0.4, -0.2) is 10.7 Å². The minimum atomic E-state index is 1.29. The molecule has 3 aromatic carbocycles. The molecule has 0 saturated carbocycles. The van der Waals surface area contributed by atoms with Crippen LogP contribution in [0.1, 0.15) is 11.1 Å². The second-order valence-electron chi connectivity index (χ2n) is 7.80. The molecule has 3 aromatic heterocycles. The fraction of sp³-hybridized carbons (Fsp3) is 0.160. The zero-order valence-electron chi connectivity index (χ0n) is 16.5. The van der Waals surface area contributed by atoms with Crippen molar-refractivity contribution in [3.8, 4) is 0 Å². The average molecular weight is 382 g/mol. The number of rotatable bonds is 1. The molecule has 0 saturated heterocycles. The van der Waals surface area contributed by atoms with Gasteiger partial charge in [-0.25, -0.2) is 4.57 Å². The molecule has 136 valence electrons. The summed E-state index contributed by atoms with van der Waals surface area (Å²) >= 11 is 1.83. The first-order valence-corrected chi connectivity index (χ1v) is 10.9. The fourth-order valence-electron chi connectivity index (χ4n) is 5.02. The number of aromatic nitrogens is 2. The average Bonchev–Trinajstić information content (AvgIpc) is 3.04. The molecule has 2 nitrogen and oxygen atoms in total. The summed E-state index contributed by atoms with van der Waals surface area (Å²) in [5, 5.41) is 6.77. The zero-order chi connectivity index (χ0) is 19.2. The van der Waals surface area contributed by atoms with Crippen molar-refractivity contribution in [2.45, 2.75) is 18.7 Å². The van der Waals surface area contributed by atoms with Gasteiger partial charge in [-0.2, -0.15) is 0 Å². The molecule has 6 aromatic rings. The Labute approximate surface area is 167 Å². The van der Waals surface area contributed by atoms with E-state index in [1.165, 1.54) is 65.0 Å². The molecule has 28 heavy (non-hydrogen) atoms. The second-order valence-corrected chi connectivity index (χ2v) is 8.64. The smallest absolute Gasteiger partial charge is 0.224 e. The maximum absolute atomic E-state index is 2.50. The first-order valence-electron chi connectivity index (χ1n) is 9.65.